The van der Waals surface area contributed by atoms with Gasteiger partial charge in [0.1, 0.15) is 0 Å². The van der Waals surface area contributed by atoms with Crippen molar-refractivity contribution in [3.8, 4) is 0 Å². The van der Waals surface area contributed by atoms with Crippen molar-refractivity contribution in [3.63, 3.8) is 0 Å². The molecule has 0 bridgehead atoms. The van der Waals surface area contributed by atoms with Crippen molar-refractivity contribution in [1.82, 2.24) is 0 Å². The quantitative estimate of drug-likeness (QED) is 0.373. The normalized spacial score (nSPS) is 10.6. The highest BCUT2D eigenvalue weighted by molar-refractivity contribution is 7.25. The van der Waals surface area contributed by atoms with Gasteiger partial charge in [-0.1, -0.05) is 9.24 Å². The maximum atomic E-state index is 10.1. The first-order valence-electron chi connectivity index (χ1n) is 2.32. The minimum Gasteiger partial charge on any atom is -0.480 e. The molecular formula is C4H5O6P. The third-order valence-electron chi connectivity index (χ3n) is 1.01. The van der Waals surface area contributed by atoms with Crippen LogP contribution < -0.4 is 0 Å². The zero-order valence-corrected chi connectivity index (χ0v) is 6.30. The molecule has 0 amide bonds. The number of carboxylic acids is 3. The molecule has 0 aromatic rings. The molecule has 0 spiro atoms. The zero-order valence-electron chi connectivity index (χ0n) is 5.14. The number of carbonyl (C=O) groups is 3. The number of carboxylic acid groups (broad SMARTS) is 3. The van der Waals surface area contributed by atoms with Crippen LogP contribution in [0.4, 0.5) is 0 Å². The molecule has 6 nitrogen and oxygen atoms in total. The summed E-state index contributed by atoms with van der Waals surface area (Å²) in [5, 5.41) is 21.7. The molecule has 0 heterocycles. The van der Waals surface area contributed by atoms with Crippen molar-refractivity contribution in [1.29, 1.82) is 0 Å². The molecule has 0 saturated carbocycles. The van der Waals surface area contributed by atoms with E-state index in [-0.39, 0.29) is 0 Å². The Balaban J connectivity index is 4.99. The summed E-state index contributed by atoms with van der Waals surface area (Å²) in [6, 6.07) is 0. The third-order valence-corrected chi connectivity index (χ3v) is 1.75. The molecule has 3 N–H and O–H groups in total. The van der Waals surface area contributed by atoms with Crippen LogP contribution in [0.3, 0.4) is 0 Å². The Morgan fingerprint density at radius 1 is 0.909 bits per heavy atom. The summed E-state index contributed by atoms with van der Waals surface area (Å²) < 4.78 is 0. The molecular weight excluding hydrogens is 175 g/mol. The maximum absolute atomic E-state index is 10.1. The minimum atomic E-state index is -2.83. The fourth-order valence-corrected chi connectivity index (χ4v) is 0.274. The first-order valence-corrected chi connectivity index (χ1v) is 2.90. The lowest BCUT2D eigenvalue weighted by Gasteiger charge is -2.12. The Labute approximate surface area is 63.0 Å². The van der Waals surface area contributed by atoms with Gasteiger partial charge in [-0.3, -0.25) is 0 Å². The maximum Gasteiger partial charge on any atom is 0.336 e. The van der Waals surface area contributed by atoms with Gasteiger partial charge >= 0.3 is 17.9 Å². The van der Waals surface area contributed by atoms with Crippen LogP contribution in [0.15, 0.2) is 0 Å². The average molecular weight is 180 g/mol. The van der Waals surface area contributed by atoms with E-state index in [0.29, 0.717) is 0 Å². The summed E-state index contributed by atoms with van der Waals surface area (Å²) in [4.78, 5) is 30.4. The molecule has 1 unspecified atom stereocenters. The van der Waals surface area contributed by atoms with E-state index in [1.807, 2.05) is 0 Å². The van der Waals surface area contributed by atoms with Gasteiger partial charge in [-0.05, 0) is 0 Å². The fraction of sp³-hybridized carbons (Fsp3) is 0.250. The van der Waals surface area contributed by atoms with Crippen molar-refractivity contribution in [2.75, 3.05) is 0 Å². The molecule has 0 aliphatic carbocycles. The van der Waals surface area contributed by atoms with E-state index in [1.165, 1.54) is 9.24 Å². The van der Waals surface area contributed by atoms with Crippen molar-refractivity contribution < 1.29 is 29.7 Å². The van der Waals surface area contributed by atoms with E-state index >= 15 is 0 Å². The molecule has 11 heavy (non-hydrogen) atoms. The molecule has 62 valence electrons. The smallest absolute Gasteiger partial charge is 0.336 e. The van der Waals surface area contributed by atoms with Gasteiger partial charge < -0.3 is 15.3 Å². The second-order valence-electron chi connectivity index (χ2n) is 1.72. The van der Waals surface area contributed by atoms with Crippen LogP contribution in [0.1, 0.15) is 0 Å². The Hall–Kier alpha value is -1.16. The standard InChI is InChI=1S/C4H5O6P/c5-1(6)4(11,2(7)8)3(9)10/h11H2,(H,5,6)(H,7,8)(H,9,10). The predicted molar refractivity (Wildman–Crippen MR) is 35.3 cm³/mol. The highest BCUT2D eigenvalue weighted by Crippen LogP contribution is 2.19. The topological polar surface area (TPSA) is 112 Å². The molecule has 0 saturated heterocycles. The minimum absolute atomic E-state index is 1.26. The second kappa shape index (κ2) is 2.84. The summed E-state index contributed by atoms with van der Waals surface area (Å²) in [6.07, 6.45) is 0. The van der Waals surface area contributed by atoms with Gasteiger partial charge in [-0.2, -0.15) is 0 Å². The van der Waals surface area contributed by atoms with Gasteiger partial charge in [0.2, 0.25) is 0 Å². The van der Waals surface area contributed by atoms with Crippen LogP contribution in [0.2, 0.25) is 0 Å². The molecule has 0 radical (unpaired) electrons. The van der Waals surface area contributed by atoms with E-state index in [4.69, 9.17) is 15.3 Å². The summed E-state index contributed by atoms with van der Waals surface area (Å²) in [5.74, 6) is -5.78. The van der Waals surface area contributed by atoms with Crippen LogP contribution in [-0.2, 0) is 14.4 Å². The molecule has 1 atom stereocenters. The van der Waals surface area contributed by atoms with Crippen LogP contribution in [0.5, 0.6) is 0 Å². The lowest BCUT2D eigenvalue weighted by atomic mass is 10.1. The Morgan fingerprint density at radius 3 is 1.09 bits per heavy atom. The fourth-order valence-electron chi connectivity index (χ4n) is 0.274. The number of hydrogen-bond donors (Lipinski definition) is 3. The number of aliphatic carboxylic acids is 3. The van der Waals surface area contributed by atoms with Gasteiger partial charge in [0.05, 0.1) is 0 Å². The molecule has 0 aliphatic rings. The average Bonchev–Trinajstić information content (AvgIpc) is 1.84. The van der Waals surface area contributed by atoms with Crippen molar-refractivity contribution in [2.24, 2.45) is 0 Å². The highest BCUT2D eigenvalue weighted by Gasteiger charge is 2.50. The van der Waals surface area contributed by atoms with E-state index in [9.17, 15) is 14.4 Å². The summed E-state index contributed by atoms with van der Waals surface area (Å²) >= 11 is 0. The Morgan fingerprint density at radius 2 is 1.09 bits per heavy atom. The predicted octanol–water partition coefficient (Wildman–Crippen LogP) is -1.15. The third kappa shape index (κ3) is 1.46. The van der Waals surface area contributed by atoms with Gasteiger partial charge in [0, 0.05) is 0 Å². The molecule has 7 heteroatoms. The Kier molecular flexibility index (Phi) is 2.54. The van der Waals surface area contributed by atoms with Gasteiger partial charge in [-0.15, -0.1) is 0 Å². The number of rotatable bonds is 3. The molecule has 0 fully saturated rings. The van der Waals surface area contributed by atoms with Crippen LogP contribution in [0, 0.1) is 0 Å². The Bertz CT molecular complexity index is 185. The zero-order chi connectivity index (χ0) is 9.23. The van der Waals surface area contributed by atoms with Crippen molar-refractivity contribution in [3.05, 3.63) is 0 Å². The van der Waals surface area contributed by atoms with Gasteiger partial charge in [0.25, 0.3) is 5.16 Å². The van der Waals surface area contributed by atoms with Gasteiger partial charge in [-0.25, -0.2) is 14.4 Å². The second-order valence-corrected chi connectivity index (χ2v) is 2.59. The van der Waals surface area contributed by atoms with Crippen molar-refractivity contribution >= 4 is 27.1 Å². The van der Waals surface area contributed by atoms with E-state index in [1.54, 1.807) is 0 Å². The van der Waals surface area contributed by atoms with Crippen LogP contribution >= 0.6 is 9.24 Å². The van der Waals surface area contributed by atoms with E-state index in [0.717, 1.165) is 0 Å². The molecule has 0 rings (SSSR count). The largest absolute Gasteiger partial charge is 0.480 e. The van der Waals surface area contributed by atoms with Gasteiger partial charge in [0.15, 0.2) is 0 Å². The molecule has 0 aliphatic heterocycles. The van der Waals surface area contributed by atoms with E-state index in [2.05, 4.69) is 0 Å². The molecule has 0 aromatic carbocycles. The SMILES string of the molecule is O=C(O)C(P)(C(=O)O)C(=O)O. The summed E-state index contributed by atoms with van der Waals surface area (Å²) in [5.41, 5.74) is 0. The first kappa shape index (κ1) is 9.84. The summed E-state index contributed by atoms with van der Waals surface area (Å²) in [6.45, 7) is 0. The number of hydrogen-bond acceptors (Lipinski definition) is 3. The summed E-state index contributed by atoms with van der Waals surface area (Å²) in [7, 11) is 1.26. The highest BCUT2D eigenvalue weighted by atomic mass is 31.0. The monoisotopic (exact) mass is 180 g/mol. The van der Waals surface area contributed by atoms with Crippen molar-refractivity contribution in [2.45, 2.75) is 5.16 Å². The first-order chi connectivity index (χ1) is 4.83. The van der Waals surface area contributed by atoms with Crippen LogP contribution in [-0.4, -0.2) is 38.4 Å². The van der Waals surface area contributed by atoms with Crippen LogP contribution in [0.25, 0.3) is 0 Å². The lowest BCUT2D eigenvalue weighted by Crippen LogP contribution is -2.47. The van der Waals surface area contributed by atoms with E-state index < -0.39 is 23.1 Å². The molecule has 0 aromatic heterocycles. The lowest BCUT2D eigenvalue weighted by molar-refractivity contribution is -0.160.